The third-order valence-electron chi connectivity index (χ3n) is 2.63. The van der Waals surface area contributed by atoms with Crippen molar-refractivity contribution in [2.45, 2.75) is 57.7 Å². The molecule has 98 valence electrons. The summed E-state index contributed by atoms with van der Waals surface area (Å²) in [6.07, 6.45) is 5.43. The van der Waals surface area contributed by atoms with E-state index in [1.54, 1.807) is 0 Å². The van der Waals surface area contributed by atoms with Gasteiger partial charge in [-0.25, -0.2) is 0 Å². The molecule has 0 saturated carbocycles. The van der Waals surface area contributed by atoms with Crippen molar-refractivity contribution in [2.24, 2.45) is 0 Å². The molecule has 0 unspecified atom stereocenters. The van der Waals surface area contributed by atoms with Crippen molar-refractivity contribution >= 4 is 0 Å². The molecule has 4 heteroatoms. The Hall–Kier alpha value is -0.160. The highest BCUT2D eigenvalue weighted by molar-refractivity contribution is 4.66. The molecular weight excluding hydrogens is 208 g/mol. The fraction of sp³-hybridized carbons (Fsp3) is 1.00. The van der Waals surface area contributed by atoms with E-state index in [2.05, 4.69) is 6.92 Å². The van der Waals surface area contributed by atoms with Crippen LogP contribution in [0.5, 0.6) is 0 Å². The lowest BCUT2D eigenvalue weighted by molar-refractivity contribution is -0.0802. The summed E-state index contributed by atoms with van der Waals surface area (Å²) in [5.74, 6) is 0. The van der Waals surface area contributed by atoms with Crippen LogP contribution >= 0.6 is 0 Å². The van der Waals surface area contributed by atoms with Crippen LogP contribution in [0.2, 0.25) is 0 Å². The van der Waals surface area contributed by atoms with Crippen molar-refractivity contribution in [1.29, 1.82) is 0 Å². The first kappa shape index (κ1) is 15.8. The van der Waals surface area contributed by atoms with Crippen molar-refractivity contribution in [3.63, 3.8) is 0 Å². The molecule has 0 aliphatic carbocycles. The predicted molar refractivity (Wildman–Crippen MR) is 63.3 cm³/mol. The fourth-order valence-electron chi connectivity index (χ4n) is 1.52. The number of unbranched alkanes of at least 4 members (excludes halogenated alkanes) is 5. The van der Waals surface area contributed by atoms with E-state index in [1.807, 2.05) is 0 Å². The second-order valence-electron chi connectivity index (χ2n) is 4.11. The molecule has 3 N–H and O–H groups in total. The molecule has 0 aromatic heterocycles. The van der Waals surface area contributed by atoms with Crippen LogP contribution in [0.1, 0.15) is 45.4 Å². The number of hydrogen-bond donors (Lipinski definition) is 3. The van der Waals surface area contributed by atoms with Crippen molar-refractivity contribution in [2.75, 3.05) is 19.8 Å². The number of hydrogen-bond acceptors (Lipinski definition) is 4. The molecule has 0 aromatic carbocycles. The first-order valence-corrected chi connectivity index (χ1v) is 6.27. The minimum Gasteiger partial charge on any atom is -0.394 e. The Morgan fingerprint density at radius 1 is 0.938 bits per heavy atom. The molecule has 16 heavy (non-hydrogen) atoms. The van der Waals surface area contributed by atoms with Gasteiger partial charge in [0.25, 0.3) is 0 Å². The highest BCUT2D eigenvalue weighted by atomic mass is 16.5. The van der Waals surface area contributed by atoms with Gasteiger partial charge in [0.15, 0.2) is 0 Å². The number of aliphatic hydroxyl groups excluding tert-OH is 3. The van der Waals surface area contributed by atoms with E-state index in [0.717, 1.165) is 12.8 Å². The van der Waals surface area contributed by atoms with E-state index < -0.39 is 12.2 Å². The quantitative estimate of drug-likeness (QED) is 0.468. The van der Waals surface area contributed by atoms with Gasteiger partial charge in [0.2, 0.25) is 0 Å². The van der Waals surface area contributed by atoms with Gasteiger partial charge in [-0.05, 0) is 6.42 Å². The van der Waals surface area contributed by atoms with Gasteiger partial charge in [0.05, 0.1) is 13.2 Å². The van der Waals surface area contributed by atoms with Crippen molar-refractivity contribution in [1.82, 2.24) is 0 Å². The van der Waals surface area contributed by atoms with Gasteiger partial charge in [-0.2, -0.15) is 0 Å². The van der Waals surface area contributed by atoms with Gasteiger partial charge in [-0.15, -0.1) is 0 Å². The first-order chi connectivity index (χ1) is 7.76. The van der Waals surface area contributed by atoms with Gasteiger partial charge in [-0.1, -0.05) is 39.0 Å². The fourth-order valence-corrected chi connectivity index (χ4v) is 1.52. The summed E-state index contributed by atoms with van der Waals surface area (Å²) in [7, 11) is 0. The minimum absolute atomic E-state index is 0.252. The van der Waals surface area contributed by atoms with E-state index in [-0.39, 0.29) is 13.2 Å². The first-order valence-electron chi connectivity index (χ1n) is 6.27. The normalized spacial score (nSPS) is 15.0. The molecule has 0 radical (unpaired) electrons. The monoisotopic (exact) mass is 234 g/mol. The second kappa shape index (κ2) is 11.3. The Labute approximate surface area is 98.2 Å². The topological polar surface area (TPSA) is 69.9 Å². The molecule has 0 aliphatic rings. The summed E-state index contributed by atoms with van der Waals surface area (Å²) in [4.78, 5) is 0. The molecule has 0 heterocycles. The average molecular weight is 234 g/mol. The van der Waals surface area contributed by atoms with Crippen LogP contribution in [0, 0.1) is 0 Å². The van der Waals surface area contributed by atoms with E-state index in [4.69, 9.17) is 14.9 Å². The molecule has 0 spiro atoms. The van der Waals surface area contributed by atoms with Crippen molar-refractivity contribution < 1.29 is 20.1 Å². The lowest BCUT2D eigenvalue weighted by atomic mass is 10.1. The Bertz CT molecular complexity index is 141. The molecule has 0 fully saturated rings. The number of rotatable bonds is 11. The lowest BCUT2D eigenvalue weighted by Crippen LogP contribution is -2.35. The molecule has 0 aromatic rings. The number of aliphatic hydroxyl groups is 3. The van der Waals surface area contributed by atoms with Crippen molar-refractivity contribution in [3.8, 4) is 0 Å². The van der Waals surface area contributed by atoms with Gasteiger partial charge < -0.3 is 20.1 Å². The smallest absolute Gasteiger partial charge is 0.109 e. The predicted octanol–water partition coefficient (Wildman–Crippen LogP) is 1.08. The zero-order chi connectivity index (χ0) is 12.2. The third-order valence-corrected chi connectivity index (χ3v) is 2.63. The molecule has 2 atom stereocenters. The summed E-state index contributed by atoms with van der Waals surface area (Å²) < 4.78 is 5.29. The molecule has 0 bridgehead atoms. The standard InChI is InChI=1S/C12H26O4/c1-2-3-4-5-6-7-8-16-12(10-14)11(15)9-13/h11-15H,2-10H2,1H3/t11-,12-/m0/s1. The van der Waals surface area contributed by atoms with Crippen LogP contribution in [0.15, 0.2) is 0 Å². The molecule has 0 amide bonds. The van der Waals surface area contributed by atoms with Gasteiger partial charge >= 0.3 is 0 Å². The maximum Gasteiger partial charge on any atom is 0.109 e. The Balaban J connectivity index is 3.34. The summed E-state index contributed by atoms with van der Waals surface area (Å²) in [6, 6.07) is 0. The summed E-state index contributed by atoms with van der Waals surface area (Å²) in [5.41, 5.74) is 0. The molecular formula is C12H26O4. The lowest BCUT2D eigenvalue weighted by Gasteiger charge is -2.19. The van der Waals surface area contributed by atoms with Crippen molar-refractivity contribution in [3.05, 3.63) is 0 Å². The largest absolute Gasteiger partial charge is 0.394 e. The SMILES string of the molecule is CCCCCCCCO[C@@H](CO)[C@@H](O)CO. The van der Waals surface area contributed by atoms with E-state index in [1.165, 1.54) is 25.7 Å². The minimum atomic E-state index is -0.981. The van der Waals surface area contributed by atoms with Crippen LogP contribution in [0.4, 0.5) is 0 Å². The summed E-state index contributed by atoms with van der Waals surface area (Å²) in [6.45, 7) is 2.10. The highest BCUT2D eigenvalue weighted by Gasteiger charge is 2.17. The van der Waals surface area contributed by atoms with Crippen LogP contribution in [-0.4, -0.2) is 47.3 Å². The van der Waals surface area contributed by atoms with Crippen LogP contribution < -0.4 is 0 Å². The maximum absolute atomic E-state index is 9.26. The maximum atomic E-state index is 9.26. The Kier molecular flexibility index (Phi) is 11.2. The zero-order valence-corrected chi connectivity index (χ0v) is 10.3. The molecule has 0 aliphatic heterocycles. The molecule has 0 saturated heterocycles. The molecule has 0 rings (SSSR count). The Morgan fingerprint density at radius 2 is 1.56 bits per heavy atom. The van der Waals surface area contributed by atoms with E-state index in [0.29, 0.717) is 6.61 Å². The average Bonchev–Trinajstić information content (AvgIpc) is 2.32. The molecule has 4 nitrogen and oxygen atoms in total. The zero-order valence-electron chi connectivity index (χ0n) is 10.3. The van der Waals surface area contributed by atoms with Crippen LogP contribution in [0.25, 0.3) is 0 Å². The van der Waals surface area contributed by atoms with Gasteiger partial charge in [0.1, 0.15) is 12.2 Å². The van der Waals surface area contributed by atoms with E-state index >= 15 is 0 Å². The van der Waals surface area contributed by atoms with Crippen LogP contribution in [-0.2, 0) is 4.74 Å². The highest BCUT2D eigenvalue weighted by Crippen LogP contribution is 2.06. The third kappa shape index (κ3) is 8.05. The van der Waals surface area contributed by atoms with Gasteiger partial charge in [-0.3, -0.25) is 0 Å². The Morgan fingerprint density at radius 3 is 2.12 bits per heavy atom. The van der Waals surface area contributed by atoms with E-state index in [9.17, 15) is 5.11 Å². The number of ether oxygens (including phenoxy) is 1. The van der Waals surface area contributed by atoms with Gasteiger partial charge in [0, 0.05) is 6.61 Å². The summed E-state index contributed by atoms with van der Waals surface area (Å²) in [5, 5.41) is 26.9. The van der Waals surface area contributed by atoms with Crippen LogP contribution in [0.3, 0.4) is 0 Å². The second-order valence-corrected chi connectivity index (χ2v) is 4.11. The summed E-state index contributed by atoms with van der Waals surface area (Å²) >= 11 is 0.